The Bertz CT molecular complexity index is 1100. The monoisotopic (exact) mass is 430 g/mol. The number of hydrogen-bond acceptors (Lipinski definition) is 7. The number of aryl methyl sites for hydroxylation is 1. The quantitative estimate of drug-likeness (QED) is 0.583. The molecule has 3 aromatic rings. The first-order valence-corrected chi connectivity index (χ1v) is 11.2. The summed E-state index contributed by atoms with van der Waals surface area (Å²) in [5.41, 5.74) is 0.565. The average Bonchev–Trinajstić information content (AvgIpc) is 3.52. The van der Waals surface area contributed by atoms with E-state index in [9.17, 15) is 13.2 Å². The van der Waals surface area contributed by atoms with Gasteiger partial charge in [-0.05, 0) is 36.6 Å². The van der Waals surface area contributed by atoms with Crippen LogP contribution in [-0.4, -0.2) is 41.9 Å². The Balaban J connectivity index is 1.34. The number of hydrogen-bond donors (Lipinski definition) is 1. The fraction of sp³-hybridized carbons (Fsp3) is 0.350. The van der Waals surface area contributed by atoms with E-state index in [0.717, 1.165) is 12.8 Å². The number of aromatic nitrogens is 2. The highest BCUT2D eigenvalue weighted by Gasteiger charge is 2.29. The second kappa shape index (κ2) is 8.80. The lowest BCUT2D eigenvalue weighted by Crippen LogP contribution is -2.30. The molecule has 30 heavy (non-hydrogen) atoms. The van der Waals surface area contributed by atoms with Crippen molar-refractivity contribution in [2.75, 3.05) is 13.1 Å². The topological polar surface area (TPSA) is 119 Å². The Morgan fingerprint density at radius 1 is 1.13 bits per heavy atom. The van der Waals surface area contributed by atoms with Gasteiger partial charge in [0.15, 0.2) is 5.76 Å². The smallest absolute Gasteiger partial charge is 0.243 e. The molecule has 1 aliphatic rings. The van der Waals surface area contributed by atoms with E-state index in [-0.39, 0.29) is 30.2 Å². The van der Waals surface area contributed by atoms with Gasteiger partial charge in [-0.25, -0.2) is 8.42 Å². The highest BCUT2D eigenvalue weighted by molar-refractivity contribution is 7.89. The Morgan fingerprint density at radius 3 is 2.70 bits per heavy atom. The van der Waals surface area contributed by atoms with E-state index in [4.69, 9.17) is 8.94 Å². The van der Waals surface area contributed by atoms with Crippen LogP contribution in [-0.2, 0) is 27.8 Å². The molecule has 1 aliphatic heterocycles. The minimum atomic E-state index is -3.55. The zero-order chi connectivity index (χ0) is 21.0. The third kappa shape index (κ3) is 4.44. The van der Waals surface area contributed by atoms with Gasteiger partial charge in [-0.1, -0.05) is 23.4 Å². The molecule has 1 aromatic carbocycles. The zero-order valence-corrected chi connectivity index (χ0v) is 17.1. The third-order valence-corrected chi connectivity index (χ3v) is 6.91. The minimum absolute atomic E-state index is 0.129. The van der Waals surface area contributed by atoms with Crippen LogP contribution in [0.15, 0.2) is 56.5 Å². The van der Waals surface area contributed by atoms with Crippen LogP contribution in [0.1, 0.15) is 30.7 Å². The minimum Gasteiger partial charge on any atom is -0.461 e. The van der Waals surface area contributed by atoms with Crippen LogP contribution in [0.25, 0.3) is 11.6 Å². The van der Waals surface area contributed by atoms with E-state index in [0.29, 0.717) is 36.1 Å². The van der Waals surface area contributed by atoms with Crippen molar-refractivity contribution >= 4 is 15.9 Å². The summed E-state index contributed by atoms with van der Waals surface area (Å²) in [7, 11) is -3.55. The van der Waals surface area contributed by atoms with Gasteiger partial charge in [-0.15, -0.1) is 0 Å². The summed E-state index contributed by atoms with van der Waals surface area (Å²) < 4.78 is 37.6. The lowest BCUT2D eigenvalue weighted by Gasteiger charge is -2.18. The maximum absolute atomic E-state index is 12.9. The number of amides is 1. The molecule has 0 radical (unpaired) electrons. The number of furan rings is 1. The maximum Gasteiger partial charge on any atom is 0.243 e. The van der Waals surface area contributed by atoms with Crippen molar-refractivity contribution in [1.82, 2.24) is 19.8 Å². The van der Waals surface area contributed by atoms with Crippen molar-refractivity contribution in [3.63, 3.8) is 0 Å². The summed E-state index contributed by atoms with van der Waals surface area (Å²) >= 11 is 0. The molecule has 1 saturated heterocycles. The van der Waals surface area contributed by atoms with Crippen molar-refractivity contribution in [2.45, 2.75) is 37.1 Å². The van der Waals surface area contributed by atoms with Gasteiger partial charge < -0.3 is 14.3 Å². The first kappa shape index (κ1) is 20.3. The van der Waals surface area contributed by atoms with Gasteiger partial charge in [0.2, 0.25) is 27.6 Å². The van der Waals surface area contributed by atoms with E-state index in [1.165, 1.54) is 10.6 Å². The van der Waals surface area contributed by atoms with Gasteiger partial charge in [0.05, 0.1) is 11.2 Å². The fourth-order valence-electron chi connectivity index (χ4n) is 3.33. The number of carbonyl (C=O) groups is 1. The van der Waals surface area contributed by atoms with Gasteiger partial charge in [-0.3, -0.25) is 4.79 Å². The van der Waals surface area contributed by atoms with Crippen molar-refractivity contribution in [3.8, 4) is 11.6 Å². The molecular formula is C20H22N4O5S. The molecule has 1 fully saturated rings. The van der Waals surface area contributed by atoms with Gasteiger partial charge >= 0.3 is 0 Å². The number of sulfonamides is 1. The molecule has 2 aromatic heterocycles. The Morgan fingerprint density at radius 2 is 1.93 bits per heavy atom. The van der Waals surface area contributed by atoms with E-state index in [1.807, 2.05) is 0 Å². The molecule has 0 saturated carbocycles. The Kier molecular flexibility index (Phi) is 5.96. The molecule has 1 amide bonds. The van der Waals surface area contributed by atoms with Crippen LogP contribution in [0.3, 0.4) is 0 Å². The molecule has 4 rings (SSSR count). The van der Waals surface area contributed by atoms with Crippen LogP contribution < -0.4 is 5.32 Å². The van der Waals surface area contributed by atoms with E-state index < -0.39 is 10.0 Å². The molecule has 0 unspecified atom stereocenters. The summed E-state index contributed by atoms with van der Waals surface area (Å²) in [4.78, 5) is 16.7. The van der Waals surface area contributed by atoms with Gasteiger partial charge in [0.1, 0.15) is 0 Å². The summed E-state index contributed by atoms with van der Waals surface area (Å²) in [6.07, 6.45) is 3.67. The van der Waals surface area contributed by atoms with E-state index >= 15 is 0 Å². The molecule has 0 atom stereocenters. The van der Waals surface area contributed by atoms with Crippen LogP contribution >= 0.6 is 0 Å². The highest BCUT2D eigenvalue weighted by Crippen LogP contribution is 2.24. The molecule has 9 nitrogen and oxygen atoms in total. The number of benzene rings is 1. The molecule has 0 aliphatic carbocycles. The fourth-order valence-corrected chi connectivity index (χ4v) is 5.07. The molecule has 1 N–H and O–H groups in total. The van der Waals surface area contributed by atoms with Crippen LogP contribution in [0, 0.1) is 0 Å². The van der Waals surface area contributed by atoms with Crippen molar-refractivity contribution in [2.24, 2.45) is 0 Å². The second-order valence-electron chi connectivity index (χ2n) is 6.98. The largest absolute Gasteiger partial charge is 0.461 e. The number of nitrogens with zero attached hydrogens (tertiary/aromatic N) is 3. The first-order chi connectivity index (χ1) is 14.5. The SMILES string of the molecule is O=C(CCc1nc(-c2ccco2)no1)NCc1ccccc1S(=O)(=O)N1CCCC1. The molecule has 158 valence electrons. The predicted octanol–water partition coefficient (Wildman–Crippen LogP) is 2.36. The molecule has 10 heteroatoms. The predicted molar refractivity (Wildman–Crippen MR) is 107 cm³/mol. The number of rotatable bonds is 8. The summed E-state index contributed by atoms with van der Waals surface area (Å²) in [5.74, 6) is 0.913. The molecule has 3 heterocycles. The highest BCUT2D eigenvalue weighted by atomic mass is 32.2. The Hall–Kier alpha value is -2.98. The first-order valence-electron chi connectivity index (χ1n) is 9.75. The normalized spacial score (nSPS) is 14.8. The van der Waals surface area contributed by atoms with Crippen LogP contribution in [0.5, 0.6) is 0 Å². The third-order valence-electron chi connectivity index (χ3n) is 4.91. The summed E-state index contributed by atoms with van der Waals surface area (Å²) in [6.45, 7) is 1.20. The van der Waals surface area contributed by atoms with Crippen molar-refractivity contribution in [3.05, 3.63) is 54.1 Å². The Labute approximate surface area is 174 Å². The summed E-state index contributed by atoms with van der Waals surface area (Å²) in [5, 5.41) is 6.60. The van der Waals surface area contributed by atoms with Crippen molar-refractivity contribution < 1.29 is 22.2 Å². The van der Waals surface area contributed by atoms with E-state index in [1.54, 1.807) is 36.4 Å². The van der Waals surface area contributed by atoms with Gasteiger partial charge in [0.25, 0.3) is 0 Å². The molecular weight excluding hydrogens is 408 g/mol. The summed E-state index contributed by atoms with van der Waals surface area (Å²) in [6, 6.07) is 10.2. The lowest BCUT2D eigenvalue weighted by atomic mass is 10.2. The molecule has 0 bridgehead atoms. The average molecular weight is 430 g/mol. The lowest BCUT2D eigenvalue weighted by molar-refractivity contribution is -0.121. The van der Waals surface area contributed by atoms with Crippen molar-refractivity contribution in [1.29, 1.82) is 0 Å². The van der Waals surface area contributed by atoms with Crippen LogP contribution in [0.4, 0.5) is 0 Å². The number of carbonyl (C=O) groups excluding carboxylic acids is 1. The maximum atomic E-state index is 12.9. The van der Waals surface area contributed by atoms with Crippen LogP contribution in [0.2, 0.25) is 0 Å². The standard InChI is InChI=1S/C20H22N4O5S/c25-18(9-10-19-22-20(23-29-19)16-7-5-13-28-16)21-14-15-6-1-2-8-17(15)30(26,27)24-11-3-4-12-24/h1-2,5-8,13H,3-4,9-12,14H2,(H,21,25). The van der Waals surface area contributed by atoms with E-state index in [2.05, 4.69) is 15.5 Å². The van der Waals surface area contributed by atoms with Gasteiger partial charge in [-0.2, -0.15) is 9.29 Å². The van der Waals surface area contributed by atoms with Gasteiger partial charge in [0, 0.05) is 32.5 Å². The number of nitrogens with one attached hydrogen (secondary N) is 1. The second-order valence-corrected chi connectivity index (χ2v) is 8.89. The zero-order valence-electron chi connectivity index (χ0n) is 16.3. The molecule has 0 spiro atoms.